The zero-order valence-electron chi connectivity index (χ0n) is 16.1. The molecule has 0 aliphatic carbocycles. The fraction of sp³-hybridized carbons (Fsp3) is 0.526. The minimum absolute atomic E-state index is 0.127. The molecule has 1 N–H and O–H groups in total. The van der Waals surface area contributed by atoms with E-state index in [2.05, 4.69) is 15.5 Å². The van der Waals surface area contributed by atoms with Crippen molar-refractivity contribution < 1.29 is 14.7 Å². The minimum atomic E-state index is -0.486. The van der Waals surface area contributed by atoms with E-state index in [9.17, 15) is 14.7 Å². The Balaban J connectivity index is 1.53. The van der Waals surface area contributed by atoms with Crippen LogP contribution in [0.5, 0.6) is 5.75 Å². The van der Waals surface area contributed by atoms with E-state index < -0.39 is 5.41 Å². The average Bonchev–Trinajstić information content (AvgIpc) is 3.34. The maximum Gasteiger partial charge on any atom is 0.257 e. The highest BCUT2D eigenvalue weighted by atomic mass is 16.3. The predicted molar refractivity (Wildman–Crippen MR) is 99.9 cm³/mol. The summed E-state index contributed by atoms with van der Waals surface area (Å²) in [6.45, 7) is 5.76. The molecule has 0 radical (unpaired) electrons. The molecule has 28 heavy (non-hydrogen) atoms. The van der Waals surface area contributed by atoms with Gasteiger partial charge in [-0.25, -0.2) is 4.68 Å². The number of hydrogen-bond donors (Lipinski definition) is 1. The van der Waals surface area contributed by atoms with E-state index in [0.717, 1.165) is 19.4 Å². The Morgan fingerprint density at radius 2 is 2.07 bits per heavy atom. The number of amides is 2. The summed E-state index contributed by atoms with van der Waals surface area (Å²) in [7, 11) is 0. The Kier molecular flexibility index (Phi) is 4.52. The number of phenolic OH excluding ortho intramolecular Hbond substituents is 1. The van der Waals surface area contributed by atoms with Gasteiger partial charge >= 0.3 is 0 Å². The molecule has 0 saturated carbocycles. The number of aromatic nitrogens is 4. The molecule has 1 aromatic heterocycles. The van der Waals surface area contributed by atoms with Gasteiger partial charge in [0.05, 0.1) is 16.7 Å². The molecule has 0 bridgehead atoms. The molecule has 148 valence electrons. The van der Waals surface area contributed by atoms with Gasteiger partial charge in [0.25, 0.3) is 5.91 Å². The van der Waals surface area contributed by atoms with Gasteiger partial charge in [-0.1, -0.05) is 0 Å². The zero-order valence-corrected chi connectivity index (χ0v) is 16.1. The number of aromatic hydroxyl groups is 1. The molecule has 1 aromatic carbocycles. The van der Waals surface area contributed by atoms with Crippen molar-refractivity contribution in [3.63, 3.8) is 0 Å². The monoisotopic (exact) mass is 384 g/mol. The van der Waals surface area contributed by atoms with Crippen molar-refractivity contribution in [3.8, 4) is 11.4 Å². The third kappa shape index (κ3) is 3.00. The predicted octanol–water partition coefficient (Wildman–Crippen LogP) is 1.23. The molecule has 2 amide bonds. The van der Waals surface area contributed by atoms with Crippen LogP contribution in [0.4, 0.5) is 0 Å². The second kappa shape index (κ2) is 6.88. The van der Waals surface area contributed by atoms with Crippen LogP contribution in [0, 0.1) is 5.41 Å². The normalized spacial score (nSPS) is 22.5. The number of likely N-dealkylation sites (tertiary alicyclic amines) is 2. The van der Waals surface area contributed by atoms with Gasteiger partial charge in [-0.15, -0.1) is 5.10 Å². The summed E-state index contributed by atoms with van der Waals surface area (Å²) in [5.74, 6) is -0.229. The first-order valence-electron chi connectivity index (χ1n) is 9.58. The highest BCUT2D eigenvalue weighted by Crippen LogP contribution is 2.41. The maximum absolute atomic E-state index is 13.1. The lowest BCUT2D eigenvalue weighted by Gasteiger charge is -2.41. The Labute approximate surface area is 162 Å². The Hall–Kier alpha value is -2.97. The Bertz CT molecular complexity index is 897. The van der Waals surface area contributed by atoms with Gasteiger partial charge in [0.2, 0.25) is 5.91 Å². The summed E-state index contributed by atoms with van der Waals surface area (Å²) in [5, 5.41) is 21.3. The highest BCUT2D eigenvalue weighted by Gasteiger charge is 2.50. The third-order valence-corrected chi connectivity index (χ3v) is 5.86. The van der Waals surface area contributed by atoms with E-state index in [-0.39, 0.29) is 29.2 Å². The molecule has 3 heterocycles. The fourth-order valence-corrected chi connectivity index (χ4v) is 4.31. The number of rotatable bonds is 3. The lowest BCUT2D eigenvalue weighted by molar-refractivity contribution is -0.147. The van der Waals surface area contributed by atoms with Crippen molar-refractivity contribution in [1.29, 1.82) is 0 Å². The van der Waals surface area contributed by atoms with Crippen molar-refractivity contribution in [2.75, 3.05) is 19.6 Å². The van der Waals surface area contributed by atoms with Crippen LogP contribution in [0.25, 0.3) is 5.69 Å². The van der Waals surface area contributed by atoms with Crippen molar-refractivity contribution >= 4 is 11.8 Å². The topological polar surface area (TPSA) is 104 Å². The van der Waals surface area contributed by atoms with Gasteiger partial charge in [-0.05, 0) is 55.7 Å². The fourth-order valence-electron chi connectivity index (χ4n) is 4.31. The molecule has 4 rings (SSSR count). The molecule has 2 fully saturated rings. The van der Waals surface area contributed by atoms with Gasteiger partial charge in [0.15, 0.2) is 0 Å². The van der Waals surface area contributed by atoms with Gasteiger partial charge in [0, 0.05) is 31.7 Å². The van der Waals surface area contributed by atoms with Gasteiger partial charge in [0.1, 0.15) is 12.1 Å². The summed E-state index contributed by atoms with van der Waals surface area (Å²) in [5.41, 5.74) is 0.296. The van der Waals surface area contributed by atoms with Crippen LogP contribution in [-0.2, 0) is 4.79 Å². The second-order valence-corrected chi connectivity index (χ2v) is 7.91. The number of carbonyl (C=O) groups is 2. The smallest absolute Gasteiger partial charge is 0.257 e. The summed E-state index contributed by atoms with van der Waals surface area (Å²) in [6, 6.07) is 4.88. The van der Waals surface area contributed by atoms with E-state index in [0.29, 0.717) is 25.2 Å². The summed E-state index contributed by atoms with van der Waals surface area (Å²) in [6.07, 6.45) is 3.85. The number of nitrogens with zero attached hydrogens (tertiary/aromatic N) is 6. The Morgan fingerprint density at radius 3 is 2.75 bits per heavy atom. The molecule has 2 aliphatic rings. The van der Waals surface area contributed by atoms with Gasteiger partial charge in [-0.3, -0.25) is 9.59 Å². The molecule has 1 atom stereocenters. The lowest BCUT2D eigenvalue weighted by Crippen LogP contribution is -2.52. The van der Waals surface area contributed by atoms with Crippen LogP contribution in [0.15, 0.2) is 24.5 Å². The second-order valence-electron chi connectivity index (χ2n) is 7.91. The standard InChI is InChI=1S/C19H24N6O3/c1-13(2)24-8-3-6-19(18(24)28)7-9-23(11-19)17(27)15-5-4-14(10-16(15)26)25-12-20-21-22-25/h4-5,10,12-13,26H,3,6-9,11H2,1-2H3/t19-/m0/s1. The molecular formula is C19H24N6O3. The maximum atomic E-state index is 13.1. The van der Waals surface area contributed by atoms with Crippen LogP contribution in [0.2, 0.25) is 0 Å². The Morgan fingerprint density at radius 1 is 1.25 bits per heavy atom. The summed E-state index contributed by atoms with van der Waals surface area (Å²) in [4.78, 5) is 29.7. The van der Waals surface area contributed by atoms with Crippen molar-refractivity contribution in [1.82, 2.24) is 30.0 Å². The molecule has 0 unspecified atom stereocenters. The third-order valence-electron chi connectivity index (χ3n) is 5.86. The number of piperidine rings is 1. The van der Waals surface area contributed by atoms with Gasteiger partial charge < -0.3 is 14.9 Å². The first-order valence-corrected chi connectivity index (χ1v) is 9.58. The largest absolute Gasteiger partial charge is 0.507 e. The average molecular weight is 384 g/mol. The van der Waals surface area contributed by atoms with E-state index in [1.54, 1.807) is 17.0 Å². The van der Waals surface area contributed by atoms with E-state index >= 15 is 0 Å². The van der Waals surface area contributed by atoms with Crippen LogP contribution >= 0.6 is 0 Å². The first-order chi connectivity index (χ1) is 13.4. The number of carbonyl (C=O) groups excluding carboxylic acids is 2. The number of hydrogen-bond acceptors (Lipinski definition) is 6. The van der Waals surface area contributed by atoms with Crippen molar-refractivity contribution in [3.05, 3.63) is 30.1 Å². The minimum Gasteiger partial charge on any atom is -0.507 e. The van der Waals surface area contributed by atoms with Crippen molar-refractivity contribution in [2.24, 2.45) is 5.41 Å². The van der Waals surface area contributed by atoms with E-state index in [1.165, 1.54) is 17.1 Å². The molecule has 2 saturated heterocycles. The SMILES string of the molecule is CC(C)N1CCC[C@@]2(CCN(C(=O)c3ccc(-n4cnnn4)cc3O)C2)C1=O. The van der Waals surface area contributed by atoms with Gasteiger partial charge in [-0.2, -0.15) is 0 Å². The summed E-state index contributed by atoms with van der Waals surface area (Å²) < 4.78 is 1.40. The van der Waals surface area contributed by atoms with Crippen LogP contribution in [-0.4, -0.2) is 72.6 Å². The molecule has 9 nitrogen and oxygen atoms in total. The van der Waals surface area contributed by atoms with E-state index in [1.807, 2.05) is 18.7 Å². The van der Waals surface area contributed by atoms with E-state index in [4.69, 9.17) is 0 Å². The molecule has 2 aliphatic heterocycles. The quantitative estimate of drug-likeness (QED) is 0.854. The molecule has 2 aromatic rings. The highest BCUT2D eigenvalue weighted by molar-refractivity contribution is 5.98. The molecular weight excluding hydrogens is 360 g/mol. The van der Waals surface area contributed by atoms with Crippen LogP contribution < -0.4 is 0 Å². The van der Waals surface area contributed by atoms with Crippen molar-refractivity contribution in [2.45, 2.75) is 39.2 Å². The first kappa shape index (κ1) is 18.4. The van der Waals surface area contributed by atoms with Crippen LogP contribution in [0.1, 0.15) is 43.5 Å². The summed E-state index contributed by atoms with van der Waals surface area (Å²) >= 11 is 0. The number of benzene rings is 1. The number of phenols is 1. The van der Waals surface area contributed by atoms with Crippen LogP contribution in [0.3, 0.4) is 0 Å². The molecule has 9 heteroatoms. The molecule has 1 spiro atoms. The number of tetrazole rings is 1. The lowest BCUT2D eigenvalue weighted by atomic mass is 9.78. The zero-order chi connectivity index (χ0) is 19.9.